The predicted molar refractivity (Wildman–Crippen MR) is 101 cm³/mol. The van der Waals surface area contributed by atoms with Crippen LogP contribution >= 0.6 is 11.3 Å². The summed E-state index contributed by atoms with van der Waals surface area (Å²) in [6, 6.07) is 6.30. The Morgan fingerprint density at radius 1 is 1.30 bits per heavy atom. The number of fused-ring (bicyclic) bond motifs is 1. The van der Waals surface area contributed by atoms with Crippen LogP contribution in [-0.4, -0.2) is 39.0 Å². The molecule has 2 aromatic rings. The maximum Gasteiger partial charge on any atom is 0.326 e. The quantitative estimate of drug-likeness (QED) is 0.850. The van der Waals surface area contributed by atoms with Gasteiger partial charge in [-0.05, 0) is 43.4 Å². The number of carboxylic acid groups (broad SMARTS) is 1. The van der Waals surface area contributed by atoms with Crippen molar-refractivity contribution < 1.29 is 19.4 Å². The van der Waals surface area contributed by atoms with Crippen LogP contribution in [0.15, 0.2) is 35.2 Å². The van der Waals surface area contributed by atoms with Crippen molar-refractivity contribution in [3.8, 4) is 5.75 Å². The lowest BCUT2D eigenvalue weighted by Gasteiger charge is -2.33. The summed E-state index contributed by atoms with van der Waals surface area (Å²) in [6.07, 6.45) is 4.63. The van der Waals surface area contributed by atoms with E-state index in [4.69, 9.17) is 4.74 Å². The van der Waals surface area contributed by atoms with E-state index >= 15 is 0 Å². The third-order valence-corrected chi connectivity index (χ3v) is 6.19. The number of ether oxygens (including phenoxy) is 1. The molecular formula is C20H22N2O4S. The normalized spacial score (nSPS) is 24.4. The second kappa shape index (κ2) is 7.68. The number of hydrogen-bond donors (Lipinski definition) is 1. The Bertz CT molecular complexity index is 823. The van der Waals surface area contributed by atoms with Gasteiger partial charge in [0.05, 0.1) is 11.2 Å². The zero-order chi connectivity index (χ0) is 18.8. The number of thiazole rings is 1. The van der Waals surface area contributed by atoms with Gasteiger partial charge in [-0.3, -0.25) is 4.79 Å². The third kappa shape index (κ3) is 3.69. The Balaban J connectivity index is 1.53. The van der Waals surface area contributed by atoms with Crippen LogP contribution in [0.5, 0.6) is 5.75 Å². The summed E-state index contributed by atoms with van der Waals surface area (Å²) in [4.78, 5) is 30.8. The number of hydrogen-bond acceptors (Lipinski definition) is 5. The Hall–Kier alpha value is -2.41. The zero-order valence-electron chi connectivity index (χ0n) is 14.9. The van der Waals surface area contributed by atoms with Gasteiger partial charge >= 0.3 is 5.97 Å². The molecule has 1 aliphatic carbocycles. The number of likely N-dealkylation sites (tertiary alicyclic amines) is 1. The molecule has 142 valence electrons. The number of aromatic nitrogens is 1. The molecule has 1 aromatic carbocycles. The molecule has 1 aliphatic heterocycles. The second-order valence-corrected chi connectivity index (χ2v) is 7.93. The van der Waals surface area contributed by atoms with Gasteiger partial charge in [-0.2, -0.15) is 0 Å². The molecule has 2 heterocycles. The highest BCUT2D eigenvalue weighted by molar-refractivity contribution is 7.07. The van der Waals surface area contributed by atoms with Gasteiger partial charge in [-0.1, -0.05) is 18.9 Å². The molecule has 2 fully saturated rings. The van der Waals surface area contributed by atoms with E-state index in [9.17, 15) is 14.7 Å². The minimum atomic E-state index is -0.909. The van der Waals surface area contributed by atoms with Crippen molar-refractivity contribution in [1.82, 2.24) is 9.88 Å². The Morgan fingerprint density at radius 3 is 2.93 bits per heavy atom. The molecule has 1 saturated carbocycles. The van der Waals surface area contributed by atoms with Crippen molar-refractivity contribution in [3.63, 3.8) is 0 Å². The standard InChI is InChI=1S/C20H22N2O4S/c23-19(22-17-7-2-1-4-13(17)9-18(22)20(24)25)14-5-3-6-16(8-14)26-10-15-11-27-12-21-15/h3,5-6,8,11-13,17-18H,1-2,4,7,9-10H2,(H,24,25)/t13-,17-,18+/m1/s1. The summed E-state index contributed by atoms with van der Waals surface area (Å²) >= 11 is 1.51. The first-order chi connectivity index (χ1) is 13.1. The first kappa shape index (κ1) is 18.0. The lowest BCUT2D eigenvalue weighted by molar-refractivity contribution is -0.141. The van der Waals surface area contributed by atoms with Crippen LogP contribution < -0.4 is 4.74 Å². The zero-order valence-corrected chi connectivity index (χ0v) is 15.7. The molecule has 27 heavy (non-hydrogen) atoms. The highest BCUT2D eigenvalue weighted by Crippen LogP contribution is 2.40. The smallest absolute Gasteiger partial charge is 0.326 e. The van der Waals surface area contributed by atoms with Crippen LogP contribution in [0.2, 0.25) is 0 Å². The van der Waals surface area contributed by atoms with Gasteiger partial charge in [0.25, 0.3) is 5.91 Å². The molecule has 7 heteroatoms. The van der Waals surface area contributed by atoms with Gasteiger partial charge in [0.2, 0.25) is 0 Å². The van der Waals surface area contributed by atoms with Gasteiger partial charge in [-0.15, -0.1) is 11.3 Å². The van der Waals surface area contributed by atoms with Crippen LogP contribution in [-0.2, 0) is 11.4 Å². The largest absolute Gasteiger partial charge is 0.487 e. The summed E-state index contributed by atoms with van der Waals surface area (Å²) in [5.74, 6) is -0.238. The summed E-state index contributed by atoms with van der Waals surface area (Å²) in [6.45, 7) is 0.341. The van der Waals surface area contributed by atoms with Crippen molar-refractivity contribution in [2.24, 2.45) is 5.92 Å². The summed E-state index contributed by atoms with van der Waals surface area (Å²) in [7, 11) is 0. The number of aliphatic carboxylic acids is 1. The van der Waals surface area contributed by atoms with Gasteiger partial charge in [-0.25, -0.2) is 9.78 Å². The van der Waals surface area contributed by atoms with Crippen molar-refractivity contribution in [2.75, 3.05) is 0 Å². The van der Waals surface area contributed by atoms with E-state index in [1.165, 1.54) is 11.3 Å². The Kier molecular flexibility index (Phi) is 5.11. The molecule has 0 unspecified atom stereocenters. The Labute approximate surface area is 161 Å². The van der Waals surface area contributed by atoms with Crippen LogP contribution in [0.3, 0.4) is 0 Å². The summed E-state index contributed by atoms with van der Waals surface area (Å²) in [5.41, 5.74) is 3.06. The lowest BCUT2D eigenvalue weighted by atomic mass is 9.84. The fraction of sp³-hybridized carbons (Fsp3) is 0.450. The summed E-state index contributed by atoms with van der Waals surface area (Å²) < 4.78 is 5.74. The molecule has 3 atom stereocenters. The van der Waals surface area contributed by atoms with E-state index in [2.05, 4.69) is 4.98 Å². The van der Waals surface area contributed by atoms with Crippen LogP contribution in [0.4, 0.5) is 0 Å². The molecule has 0 bridgehead atoms. The van der Waals surface area contributed by atoms with Crippen molar-refractivity contribution in [1.29, 1.82) is 0 Å². The fourth-order valence-electron chi connectivity index (χ4n) is 4.31. The Morgan fingerprint density at radius 2 is 2.15 bits per heavy atom. The molecular weight excluding hydrogens is 364 g/mol. The van der Waals surface area contributed by atoms with Crippen molar-refractivity contribution in [3.05, 3.63) is 46.4 Å². The molecule has 2 aliphatic rings. The number of amides is 1. The minimum absolute atomic E-state index is 0.0342. The van der Waals surface area contributed by atoms with E-state index in [-0.39, 0.29) is 11.9 Å². The molecule has 1 N–H and O–H groups in total. The van der Waals surface area contributed by atoms with Crippen LogP contribution in [0.1, 0.15) is 48.2 Å². The number of carbonyl (C=O) groups excluding carboxylic acids is 1. The summed E-state index contributed by atoms with van der Waals surface area (Å²) in [5, 5.41) is 11.6. The number of rotatable bonds is 5. The maximum atomic E-state index is 13.2. The number of nitrogens with zero attached hydrogens (tertiary/aromatic N) is 2. The monoisotopic (exact) mass is 386 g/mol. The molecule has 1 saturated heterocycles. The first-order valence-electron chi connectivity index (χ1n) is 9.29. The molecule has 0 radical (unpaired) electrons. The molecule has 1 aromatic heterocycles. The second-order valence-electron chi connectivity index (χ2n) is 7.21. The third-order valence-electron chi connectivity index (χ3n) is 5.56. The number of carbonyl (C=O) groups is 2. The number of benzene rings is 1. The molecule has 1 amide bonds. The molecule has 0 spiro atoms. The lowest BCUT2D eigenvalue weighted by Crippen LogP contribution is -2.46. The average Bonchev–Trinajstić information content (AvgIpc) is 3.33. The topological polar surface area (TPSA) is 79.7 Å². The van der Waals surface area contributed by atoms with E-state index in [0.717, 1.165) is 31.4 Å². The first-order valence-corrected chi connectivity index (χ1v) is 10.2. The van der Waals surface area contributed by atoms with Gasteiger partial charge in [0.1, 0.15) is 18.4 Å². The van der Waals surface area contributed by atoms with Gasteiger partial charge < -0.3 is 14.7 Å². The van der Waals surface area contributed by atoms with Crippen molar-refractivity contribution in [2.45, 2.75) is 50.8 Å². The van der Waals surface area contributed by atoms with E-state index in [0.29, 0.717) is 30.3 Å². The van der Waals surface area contributed by atoms with E-state index in [1.54, 1.807) is 34.7 Å². The van der Waals surface area contributed by atoms with E-state index in [1.807, 2.05) is 5.38 Å². The van der Waals surface area contributed by atoms with Gasteiger partial charge in [0, 0.05) is 17.0 Å². The van der Waals surface area contributed by atoms with Crippen LogP contribution in [0, 0.1) is 5.92 Å². The molecule has 6 nitrogen and oxygen atoms in total. The predicted octanol–water partition coefficient (Wildman–Crippen LogP) is 3.58. The average molecular weight is 386 g/mol. The fourth-order valence-corrected chi connectivity index (χ4v) is 4.85. The minimum Gasteiger partial charge on any atom is -0.487 e. The maximum absolute atomic E-state index is 13.2. The number of carboxylic acids is 1. The van der Waals surface area contributed by atoms with Crippen molar-refractivity contribution >= 4 is 23.2 Å². The highest BCUT2D eigenvalue weighted by Gasteiger charge is 2.47. The van der Waals surface area contributed by atoms with Crippen LogP contribution in [0.25, 0.3) is 0 Å². The van der Waals surface area contributed by atoms with E-state index < -0.39 is 12.0 Å². The highest BCUT2D eigenvalue weighted by atomic mass is 32.1. The molecule has 4 rings (SSSR count). The SMILES string of the molecule is O=C(O)[C@@H]1C[C@H]2CCCC[C@H]2N1C(=O)c1cccc(OCc2cscn2)c1. The van der Waals surface area contributed by atoms with Gasteiger partial charge in [0.15, 0.2) is 0 Å².